The zero-order chi connectivity index (χ0) is 15.9. The summed E-state index contributed by atoms with van der Waals surface area (Å²) < 4.78 is 10.9. The number of hydrogen-bond acceptors (Lipinski definition) is 4. The van der Waals surface area contributed by atoms with Gasteiger partial charge in [-0.1, -0.05) is 19.9 Å². The highest BCUT2D eigenvalue weighted by Gasteiger charge is 2.22. The van der Waals surface area contributed by atoms with Gasteiger partial charge in [0.05, 0.1) is 14.2 Å². The van der Waals surface area contributed by atoms with Crippen LogP contribution < -0.4 is 14.8 Å². The average molecular weight is 306 g/mol. The summed E-state index contributed by atoms with van der Waals surface area (Å²) in [5.41, 5.74) is 1.24. The molecule has 1 heterocycles. The molecule has 1 N–H and O–H groups in total. The van der Waals surface area contributed by atoms with Gasteiger partial charge in [0, 0.05) is 30.8 Å². The lowest BCUT2D eigenvalue weighted by Crippen LogP contribution is -2.44. The lowest BCUT2D eigenvalue weighted by molar-refractivity contribution is 0.136. The maximum absolute atomic E-state index is 5.56. The van der Waals surface area contributed by atoms with Crippen LogP contribution in [0.2, 0.25) is 0 Å². The fraction of sp³-hybridized carbons (Fsp3) is 0.667. The smallest absolute Gasteiger partial charge is 0.127 e. The molecule has 1 saturated heterocycles. The predicted octanol–water partition coefficient (Wildman–Crippen LogP) is 2.91. The largest absolute Gasteiger partial charge is 0.497 e. The van der Waals surface area contributed by atoms with Crippen molar-refractivity contribution in [3.05, 3.63) is 23.8 Å². The van der Waals surface area contributed by atoms with Gasteiger partial charge in [-0.3, -0.25) is 4.90 Å². The number of ether oxygens (including phenoxy) is 2. The first-order valence-corrected chi connectivity index (χ1v) is 8.29. The van der Waals surface area contributed by atoms with Gasteiger partial charge in [0.15, 0.2) is 0 Å². The molecule has 0 bridgehead atoms. The third kappa shape index (κ3) is 4.62. The van der Waals surface area contributed by atoms with Gasteiger partial charge in [-0.25, -0.2) is 0 Å². The van der Waals surface area contributed by atoms with Crippen LogP contribution in [0.15, 0.2) is 18.2 Å². The van der Waals surface area contributed by atoms with Gasteiger partial charge in [-0.2, -0.15) is 0 Å². The Balaban J connectivity index is 2.14. The molecule has 22 heavy (non-hydrogen) atoms. The van der Waals surface area contributed by atoms with Crippen molar-refractivity contribution in [3.8, 4) is 11.5 Å². The summed E-state index contributed by atoms with van der Waals surface area (Å²) in [6.07, 6.45) is 2.45. The van der Waals surface area contributed by atoms with Crippen molar-refractivity contribution in [1.29, 1.82) is 0 Å². The molecule has 1 aromatic carbocycles. The Morgan fingerprint density at radius 1 is 1.18 bits per heavy atom. The van der Waals surface area contributed by atoms with E-state index in [1.807, 2.05) is 12.1 Å². The lowest BCUT2D eigenvalue weighted by Gasteiger charge is -2.36. The summed E-state index contributed by atoms with van der Waals surface area (Å²) in [5.74, 6) is 2.43. The molecular weight excluding hydrogens is 276 g/mol. The van der Waals surface area contributed by atoms with Gasteiger partial charge in [0.25, 0.3) is 0 Å². The number of nitrogens with zero attached hydrogens (tertiary/aromatic N) is 1. The van der Waals surface area contributed by atoms with E-state index < -0.39 is 0 Å². The Morgan fingerprint density at radius 2 is 1.91 bits per heavy atom. The highest BCUT2D eigenvalue weighted by atomic mass is 16.5. The summed E-state index contributed by atoms with van der Waals surface area (Å²) in [7, 11) is 3.42. The molecule has 0 radical (unpaired) electrons. The first-order chi connectivity index (χ1) is 10.6. The van der Waals surface area contributed by atoms with E-state index in [0.717, 1.165) is 37.7 Å². The second-order valence-corrected chi connectivity index (χ2v) is 6.48. The Labute approximate surface area is 134 Å². The molecule has 0 saturated carbocycles. The predicted molar refractivity (Wildman–Crippen MR) is 90.7 cm³/mol. The van der Waals surface area contributed by atoms with Crippen LogP contribution in [0, 0.1) is 5.92 Å². The Morgan fingerprint density at radius 3 is 2.50 bits per heavy atom. The molecule has 1 aliphatic heterocycles. The molecule has 4 nitrogen and oxygen atoms in total. The van der Waals surface area contributed by atoms with E-state index in [1.165, 1.54) is 18.4 Å². The molecule has 0 aromatic heterocycles. The molecular formula is C18H30N2O2. The summed E-state index contributed by atoms with van der Waals surface area (Å²) in [5, 5.41) is 3.46. The highest BCUT2D eigenvalue weighted by molar-refractivity contribution is 5.40. The average Bonchev–Trinajstić information content (AvgIpc) is 2.55. The minimum atomic E-state index is 0.662. The second-order valence-electron chi connectivity index (χ2n) is 6.48. The first kappa shape index (κ1) is 17.1. The molecule has 0 unspecified atom stereocenters. The minimum absolute atomic E-state index is 0.662. The minimum Gasteiger partial charge on any atom is -0.497 e. The van der Waals surface area contributed by atoms with E-state index in [4.69, 9.17) is 9.47 Å². The van der Waals surface area contributed by atoms with E-state index in [0.29, 0.717) is 12.0 Å². The zero-order valence-corrected chi connectivity index (χ0v) is 14.4. The molecule has 0 aliphatic carbocycles. The molecule has 1 fully saturated rings. The Bertz CT molecular complexity index is 456. The summed E-state index contributed by atoms with van der Waals surface area (Å²) in [6, 6.07) is 6.79. The van der Waals surface area contributed by atoms with E-state index >= 15 is 0 Å². The van der Waals surface area contributed by atoms with Gasteiger partial charge in [-0.15, -0.1) is 0 Å². The van der Waals surface area contributed by atoms with Crippen LogP contribution in [0.4, 0.5) is 0 Å². The van der Waals surface area contributed by atoms with Gasteiger partial charge >= 0.3 is 0 Å². The van der Waals surface area contributed by atoms with Crippen molar-refractivity contribution >= 4 is 0 Å². The van der Waals surface area contributed by atoms with Crippen LogP contribution in [0.5, 0.6) is 11.5 Å². The molecule has 0 atom stereocenters. The lowest BCUT2D eigenvalue weighted by atomic mass is 10.0. The highest BCUT2D eigenvalue weighted by Crippen LogP contribution is 2.27. The van der Waals surface area contributed by atoms with E-state index in [2.05, 4.69) is 30.1 Å². The topological polar surface area (TPSA) is 33.7 Å². The van der Waals surface area contributed by atoms with Crippen molar-refractivity contribution in [2.45, 2.75) is 39.3 Å². The van der Waals surface area contributed by atoms with Gasteiger partial charge in [-0.05, 0) is 37.9 Å². The third-order valence-corrected chi connectivity index (χ3v) is 4.29. The van der Waals surface area contributed by atoms with E-state index in [1.54, 1.807) is 14.2 Å². The van der Waals surface area contributed by atoms with Crippen LogP contribution >= 0.6 is 0 Å². The molecule has 1 aromatic rings. The molecule has 4 heteroatoms. The normalized spacial score (nSPS) is 16.3. The van der Waals surface area contributed by atoms with Crippen molar-refractivity contribution in [1.82, 2.24) is 10.2 Å². The molecule has 0 spiro atoms. The van der Waals surface area contributed by atoms with Crippen LogP contribution in [0.3, 0.4) is 0 Å². The summed E-state index contributed by atoms with van der Waals surface area (Å²) >= 11 is 0. The third-order valence-electron chi connectivity index (χ3n) is 4.29. The number of methoxy groups -OCH3 is 2. The molecule has 1 aliphatic rings. The van der Waals surface area contributed by atoms with Gasteiger partial charge < -0.3 is 14.8 Å². The first-order valence-electron chi connectivity index (χ1n) is 8.29. The maximum atomic E-state index is 5.56. The fourth-order valence-corrected chi connectivity index (χ4v) is 3.18. The van der Waals surface area contributed by atoms with Crippen molar-refractivity contribution in [2.75, 3.05) is 33.9 Å². The molecule has 0 amide bonds. The molecule has 2 rings (SSSR count). The number of rotatable bonds is 7. The van der Waals surface area contributed by atoms with E-state index in [9.17, 15) is 0 Å². The van der Waals surface area contributed by atoms with Crippen LogP contribution in [-0.4, -0.2) is 44.8 Å². The van der Waals surface area contributed by atoms with Gasteiger partial charge in [0.1, 0.15) is 11.5 Å². The van der Waals surface area contributed by atoms with Crippen molar-refractivity contribution < 1.29 is 9.47 Å². The number of piperidine rings is 1. The van der Waals surface area contributed by atoms with Crippen molar-refractivity contribution in [2.24, 2.45) is 5.92 Å². The van der Waals surface area contributed by atoms with Crippen molar-refractivity contribution in [3.63, 3.8) is 0 Å². The van der Waals surface area contributed by atoms with Crippen LogP contribution in [0.25, 0.3) is 0 Å². The quantitative estimate of drug-likeness (QED) is 0.840. The van der Waals surface area contributed by atoms with Crippen LogP contribution in [0.1, 0.15) is 32.3 Å². The second kappa shape index (κ2) is 8.39. The SMILES string of the molecule is COc1ccc(CN(CC(C)C)C2CCNCC2)c(OC)c1. The Hall–Kier alpha value is -1.26. The van der Waals surface area contributed by atoms with Crippen LogP contribution in [-0.2, 0) is 6.54 Å². The molecule has 124 valence electrons. The number of nitrogens with one attached hydrogen (secondary N) is 1. The number of hydrogen-bond donors (Lipinski definition) is 1. The van der Waals surface area contributed by atoms with Gasteiger partial charge in [0.2, 0.25) is 0 Å². The summed E-state index contributed by atoms with van der Waals surface area (Å²) in [6.45, 7) is 8.90. The standard InChI is InChI=1S/C18H30N2O2/c1-14(2)12-20(16-7-9-19-10-8-16)13-15-5-6-17(21-3)11-18(15)22-4/h5-6,11,14,16,19H,7-10,12-13H2,1-4H3. The van der Waals surface area contributed by atoms with E-state index in [-0.39, 0.29) is 0 Å². The zero-order valence-electron chi connectivity index (χ0n) is 14.4. The Kier molecular flexibility index (Phi) is 6.52. The summed E-state index contributed by atoms with van der Waals surface area (Å²) in [4.78, 5) is 2.62. The number of benzene rings is 1. The monoisotopic (exact) mass is 306 g/mol. The fourth-order valence-electron chi connectivity index (χ4n) is 3.18. The maximum Gasteiger partial charge on any atom is 0.127 e.